The normalized spacial score (nSPS) is 11.3. The SMILES string of the molecule is Cc1cc(OCCc2ccccc2)cc(C)c1C(=O)Nc1ccc(Cl)cc1C(F)(F)F. The molecule has 0 saturated heterocycles. The average molecular weight is 448 g/mol. The van der Waals surface area contributed by atoms with Gasteiger partial charge in [0, 0.05) is 17.0 Å². The van der Waals surface area contributed by atoms with Crippen LogP contribution in [0.15, 0.2) is 60.7 Å². The number of rotatable bonds is 6. The van der Waals surface area contributed by atoms with E-state index in [0.717, 1.165) is 24.1 Å². The van der Waals surface area contributed by atoms with Gasteiger partial charge in [-0.2, -0.15) is 13.2 Å². The van der Waals surface area contributed by atoms with Gasteiger partial charge in [0.25, 0.3) is 5.91 Å². The smallest absolute Gasteiger partial charge is 0.418 e. The molecule has 3 nitrogen and oxygen atoms in total. The van der Waals surface area contributed by atoms with Crippen molar-refractivity contribution < 1.29 is 22.7 Å². The molecule has 3 aromatic rings. The third-order valence-electron chi connectivity index (χ3n) is 4.77. The van der Waals surface area contributed by atoms with E-state index in [4.69, 9.17) is 16.3 Å². The number of halogens is 4. The summed E-state index contributed by atoms with van der Waals surface area (Å²) in [6, 6.07) is 16.6. The van der Waals surface area contributed by atoms with Crippen LogP contribution in [-0.4, -0.2) is 12.5 Å². The van der Waals surface area contributed by atoms with Crippen molar-refractivity contribution in [2.75, 3.05) is 11.9 Å². The largest absolute Gasteiger partial charge is 0.493 e. The van der Waals surface area contributed by atoms with Gasteiger partial charge in [0.15, 0.2) is 0 Å². The Hall–Kier alpha value is -2.99. The van der Waals surface area contributed by atoms with Gasteiger partial charge in [-0.15, -0.1) is 0 Å². The lowest BCUT2D eigenvalue weighted by Gasteiger charge is -2.17. The number of hydrogen-bond acceptors (Lipinski definition) is 2. The van der Waals surface area contributed by atoms with Gasteiger partial charge in [-0.3, -0.25) is 4.79 Å². The van der Waals surface area contributed by atoms with E-state index in [1.165, 1.54) is 6.07 Å². The molecule has 0 bridgehead atoms. The van der Waals surface area contributed by atoms with Gasteiger partial charge < -0.3 is 10.1 Å². The average Bonchev–Trinajstić information content (AvgIpc) is 2.69. The monoisotopic (exact) mass is 447 g/mol. The van der Waals surface area contributed by atoms with Crippen LogP contribution in [0.1, 0.15) is 32.6 Å². The number of ether oxygens (including phenoxy) is 1. The summed E-state index contributed by atoms with van der Waals surface area (Å²) in [7, 11) is 0. The maximum absolute atomic E-state index is 13.3. The number of anilines is 1. The van der Waals surface area contributed by atoms with Gasteiger partial charge in [0.05, 0.1) is 17.9 Å². The first kappa shape index (κ1) is 22.7. The van der Waals surface area contributed by atoms with Crippen LogP contribution in [0.5, 0.6) is 5.75 Å². The lowest BCUT2D eigenvalue weighted by Crippen LogP contribution is -2.18. The zero-order chi connectivity index (χ0) is 22.6. The summed E-state index contributed by atoms with van der Waals surface area (Å²) >= 11 is 5.70. The van der Waals surface area contributed by atoms with Crippen molar-refractivity contribution in [1.82, 2.24) is 0 Å². The number of nitrogens with one attached hydrogen (secondary N) is 1. The van der Waals surface area contributed by atoms with Crippen LogP contribution in [0, 0.1) is 13.8 Å². The molecule has 7 heteroatoms. The molecule has 0 aliphatic rings. The highest BCUT2D eigenvalue weighted by Crippen LogP contribution is 2.37. The summed E-state index contributed by atoms with van der Waals surface area (Å²) in [5, 5.41) is 2.31. The van der Waals surface area contributed by atoms with Crippen LogP contribution < -0.4 is 10.1 Å². The van der Waals surface area contributed by atoms with Crippen molar-refractivity contribution in [3.8, 4) is 5.75 Å². The Balaban J connectivity index is 1.75. The van der Waals surface area contributed by atoms with Gasteiger partial charge in [-0.1, -0.05) is 41.9 Å². The molecule has 0 heterocycles. The van der Waals surface area contributed by atoms with E-state index in [1.807, 2.05) is 30.3 Å². The van der Waals surface area contributed by atoms with Crippen LogP contribution in [0.2, 0.25) is 5.02 Å². The highest BCUT2D eigenvalue weighted by molar-refractivity contribution is 6.30. The van der Waals surface area contributed by atoms with E-state index in [-0.39, 0.29) is 10.7 Å². The molecule has 0 aromatic heterocycles. The lowest BCUT2D eigenvalue weighted by atomic mass is 10.0. The van der Waals surface area contributed by atoms with Crippen molar-refractivity contribution in [2.45, 2.75) is 26.4 Å². The Morgan fingerprint density at radius 2 is 1.65 bits per heavy atom. The molecule has 1 N–H and O–H groups in total. The number of aryl methyl sites for hydroxylation is 2. The van der Waals surface area contributed by atoms with Crippen LogP contribution >= 0.6 is 11.6 Å². The van der Waals surface area contributed by atoms with Crippen molar-refractivity contribution in [2.24, 2.45) is 0 Å². The van der Waals surface area contributed by atoms with Gasteiger partial charge >= 0.3 is 6.18 Å². The molecule has 0 atom stereocenters. The van der Waals surface area contributed by atoms with Crippen molar-refractivity contribution in [1.29, 1.82) is 0 Å². The van der Waals surface area contributed by atoms with Crippen molar-refractivity contribution in [3.05, 3.63) is 93.5 Å². The molecule has 0 aliphatic carbocycles. The topological polar surface area (TPSA) is 38.3 Å². The number of benzene rings is 3. The summed E-state index contributed by atoms with van der Waals surface area (Å²) in [4.78, 5) is 12.8. The highest BCUT2D eigenvalue weighted by Gasteiger charge is 2.34. The van der Waals surface area contributed by atoms with E-state index in [1.54, 1.807) is 26.0 Å². The first-order valence-electron chi connectivity index (χ1n) is 9.61. The van der Waals surface area contributed by atoms with Crippen molar-refractivity contribution in [3.63, 3.8) is 0 Å². The summed E-state index contributed by atoms with van der Waals surface area (Å²) in [5.41, 5.74) is 1.33. The van der Waals surface area contributed by atoms with Crippen LogP contribution in [0.25, 0.3) is 0 Å². The molecular formula is C24H21ClF3NO2. The van der Waals surface area contributed by atoms with E-state index >= 15 is 0 Å². The van der Waals surface area contributed by atoms with Gasteiger partial charge in [-0.05, 0) is 60.9 Å². The van der Waals surface area contributed by atoms with E-state index in [0.29, 0.717) is 29.0 Å². The number of amides is 1. The highest BCUT2D eigenvalue weighted by atomic mass is 35.5. The molecule has 0 radical (unpaired) electrons. The van der Waals surface area contributed by atoms with E-state index < -0.39 is 17.6 Å². The first-order valence-corrected chi connectivity index (χ1v) is 9.99. The van der Waals surface area contributed by atoms with E-state index in [2.05, 4.69) is 5.32 Å². The first-order chi connectivity index (χ1) is 14.6. The fraction of sp³-hybridized carbons (Fsp3) is 0.208. The molecule has 3 rings (SSSR count). The fourth-order valence-electron chi connectivity index (χ4n) is 3.34. The Morgan fingerprint density at radius 1 is 1.00 bits per heavy atom. The molecule has 31 heavy (non-hydrogen) atoms. The third kappa shape index (κ3) is 5.79. The number of hydrogen-bond donors (Lipinski definition) is 1. The molecule has 0 aliphatic heterocycles. The molecule has 0 saturated carbocycles. The van der Waals surface area contributed by atoms with Gasteiger partial charge in [0.2, 0.25) is 0 Å². The second kappa shape index (κ2) is 9.43. The number of carbonyl (C=O) groups is 1. The van der Waals surface area contributed by atoms with Crippen LogP contribution in [-0.2, 0) is 12.6 Å². The minimum Gasteiger partial charge on any atom is -0.493 e. The Bertz CT molecular complexity index is 1060. The second-order valence-corrected chi connectivity index (χ2v) is 7.59. The Kier molecular flexibility index (Phi) is 6.91. The maximum atomic E-state index is 13.3. The zero-order valence-electron chi connectivity index (χ0n) is 17.0. The summed E-state index contributed by atoms with van der Waals surface area (Å²) < 4.78 is 45.7. The van der Waals surface area contributed by atoms with Gasteiger partial charge in [-0.25, -0.2) is 0 Å². The minimum absolute atomic E-state index is 0.0605. The zero-order valence-corrected chi connectivity index (χ0v) is 17.8. The standard InChI is InChI=1S/C24H21ClF3NO2/c1-15-12-19(31-11-10-17-6-4-3-5-7-17)13-16(2)22(15)23(30)29-21-9-8-18(25)14-20(21)24(26,27)28/h3-9,12-14H,10-11H2,1-2H3,(H,29,30). The number of carbonyl (C=O) groups excluding carboxylic acids is 1. The van der Waals surface area contributed by atoms with Gasteiger partial charge in [0.1, 0.15) is 5.75 Å². The van der Waals surface area contributed by atoms with Crippen LogP contribution in [0.4, 0.5) is 18.9 Å². The minimum atomic E-state index is -4.64. The van der Waals surface area contributed by atoms with E-state index in [9.17, 15) is 18.0 Å². The lowest BCUT2D eigenvalue weighted by molar-refractivity contribution is -0.136. The summed E-state index contributed by atoms with van der Waals surface area (Å²) in [6.07, 6.45) is -3.91. The van der Waals surface area contributed by atoms with Crippen LogP contribution in [0.3, 0.4) is 0 Å². The molecule has 0 unspecified atom stereocenters. The Morgan fingerprint density at radius 3 is 2.26 bits per heavy atom. The number of alkyl halides is 3. The van der Waals surface area contributed by atoms with Crippen molar-refractivity contribution >= 4 is 23.2 Å². The Labute approximate surface area is 183 Å². The second-order valence-electron chi connectivity index (χ2n) is 7.16. The predicted molar refractivity (Wildman–Crippen MR) is 116 cm³/mol. The fourth-order valence-corrected chi connectivity index (χ4v) is 3.51. The molecule has 0 spiro atoms. The molecule has 162 valence electrons. The maximum Gasteiger partial charge on any atom is 0.418 e. The molecular weight excluding hydrogens is 427 g/mol. The molecule has 3 aromatic carbocycles. The molecule has 0 fully saturated rings. The summed E-state index contributed by atoms with van der Waals surface area (Å²) in [5.74, 6) is -0.0244. The molecule has 1 amide bonds. The quantitative estimate of drug-likeness (QED) is 0.448. The summed E-state index contributed by atoms with van der Waals surface area (Å²) in [6.45, 7) is 3.91. The third-order valence-corrected chi connectivity index (χ3v) is 5.01. The predicted octanol–water partition coefficient (Wildman–Crippen LogP) is 6.85.